The molecule has 1 saturated heterocycles. The van der Waals surface area contributed by atoms with E-state index < -0.39 is 6.04 Å². The van der Waals surface area contributed by atoms with Crippen LogP contribution in [0.25, 0.3) is 10.9 Å². The molecule has 0 radical (unpaired) electrons. The minimum atomic E-state index is -0.469. The Labute approximate surface area is 218 Å². The third-order valence-corrected chi connectivity index (χ3v) is 7.33. The average Bonchev–Trinajstić information content (AvgIpc) is 3.61. The second-order valence-electron chi connectivity index (χ2n) is 9.72. The topological polar surface area (TPSA) is 96.1 Å². The molecule has 4 heterocycles. The molecule has 2 aromatic carbocycles. The Bertz CT molecular complexity index is 1620. The minimum Gasteiger partial charge on any atom is -0.467 e. The van der Waals surface area contributed by atoms with E-state index in [4.69, 9.17) is 4.42 Å². The number of benzene rings is 2. The number of rotatable bonds is 6. The first-order chi connectivity index (χ1) is 18.5. The SMILES string of the molecule is Cc1ccc(C)c2[nH]c(=O)c([C@@H](c3nnnn3Cc3ccco3)N3CCN(c4ccc(F)cc4)CC3)cc12. The van der Waals surface area contributed by atoms with Crippen LogP contribution in [-0.4, -0.2) is 56.3 Å². The van der Waals surface area contributed by atoms with Crippen molar-refractivity contribution >= 4 is 16.6 Å². The van der Waals surface area contributed by atoms with Gasteiger partial charge in [-0.2, -0.15) is 0 Å². The van der Waals surface area contributed by atoms with Gasteiger partial charge < -0.3 is 14.3 Å². The van der Waals surface area contributed by atoms with Crippen molar-refractivity contribution in [3.8, 4) is 0 Å². The molecule has 0 unspecified atom stereocenters. The molecule has 38 heavy (non-hydrogen) atoms. The van der Waals surface area contributed by atoms with Gasteiger partial charge in [-0.15, -0.1) is 5.10 Å². The van der Waals surface area contributed by atoms with Crippen molar-refractivity contribution in [3.05, 3.63) is 105 Å². The number of furan rings is 1. The molecule has 0 aliphatic carbocycles. The number of H-pyrrole nitrogens is 1. The summed E-state index contributed by atoms with van der Waals surface area (Å²) in [6, 6.07) is 15.8. The van der Waals surface area contributed by atoms with Gasteiger partial charge in [0, 0.05) is 42.8 Å². The highest BCUT2D eigenvalue weighted by Gasteiger charge is 2.33. The van der Waals surface area contributed by atoms with Crippen LogP contribution in [0.5, 0.6) is 0 Å². The quantitative estimate of drug-likeness (QED) is 0.369. The van der Waals surface area contributed by atoms with Crippen LogP contribution < -0.4 is 10.5 Å². The van der Waals surface area contributed by atoms with Gasteiger partial charge in [-0.3, -0.25) is 9.69 Å². The van der Waals surface area contributed by atoms with Crippen LogP contribution in [0.15, 0.2) is 70.1 Å². The molecule has 0 amide bonds. The third-order valence-electron chi connectivity index (χ3n) is 7.33. The summed E-state index contributed by atoms with van der Waals surface area (Å²) in [4.78, 5) is 21.2. The Kier molecular flexibility index (Phi) is 6.24. The van der Waals surface area contributed by atoms with Crippen LogP contribution in [-0.2, 0) is 6.54 Å². The van der Waals surface area contributed by atoms with Gasteiger partial charge in [0.1, 0.15) is 24.2 Å². The van der Waals surface area contributed by atoms with Gasteiger partial charge in [0.05, 0.1) is 11.8 Å². The predicted molar refractivity (Wildman–Crippen MR) is 142 cm³/mol. The van der Waals surface area contributed by atoms with E-state index >= 15 is 0 Å². The fourth-order valence-corrected chi connectivity index (χ4v) is 5.25. The first kappa shape index (κ1) is 24.1. The van der Waals surface area contributed by atoms with Crippen molar-refractivity contribution < 1.29 is 8.81 Å². The fraction of sp³-hybridized carbons (Fsp3) is 0.286. The van der Waals surface area contributed by atoms with Gasteiger partial charge in [-0.25, -0.2) is 9.07 Å². The van der Waals surface area contributed by atoms with E-state index in [0.717, 1.165) is 33.5 Å². The summed E-state index contributed by atoms with van der Waals surface area (Å²) >= 11 is 0. The molecule has 1 atom stereocenters. The number of halogens is 1. The summed E-state index contributed by atoms with van der Waals surface area (Å²) in [7, 11) is 0. The summed E-state index contributed by atoms with van der Waals surface area (Å²) in [5.41, 5.74) is 4.34. The molecule has 3 aromatic heterocycles. The maximum Gasteiger partial charge on any atom is 0.253 e. The lowest BCUT2D eigenvalue weighted by atomic mass is 9.99. The standard InChI is InChI=1S/C28H28FN7O2/c1-18-5-6-19(2)25-23(18)16-24(28(37)30-25)26(27-31-32-33-36(27)17-22-4-3-15-38-22)35-13-11-34(12-14-35)21-9-7-20(29)8-10-21/h3-10,15-16,26H,11-14,17H2,1-2H3,(H,30,37)/t26-/m0/s1. The van der Waals surface area contributed by atoms with Crippen LogP contribution in [0.4, 0.5) is 10.1 Å². The second kappa shape index (κ2) is 9.86. The zero-order chi connectivity index (χ0) is 26.2. The van der Waals surface area contributed by atoms with E-state index in [1.54, 1.807) is 23.1 Å². The van der Waals surface area contributed by atoms with Crippen molar-refractivity contribution in [3.63, 3.8) is 0 Å². The van der Waals surface area contributed by atoms with Crippen molar-refractivity contribution in [2.75, 3.05) is 31.1 Å². The van der Waals surface area contributed by atoms with E-state index in [1.807, 2.05) is 38.1 Å². The summed E-state index contributed by atoms with van der Waals surface area (Å²) in [6.07, 6.45) is 1.62. The Morgan fingerprint density at radius 3 is 2.53 bits per heavy atom. The Balaban J connectivity index is 1.40. The normalized spacial score (nSPS) is 15.3. The highest BCUT2D eigenvalue weighted by Crippen LogP contribution is 2.30. The number of nitrogens with one attached hydrogen (secondary N) is 1. The summed E-state index contributed by atoms with van der Waals surface area (Å²) in [6.45, 7) is 7.15. The molecule has 1 N–H and O–H groups in total. The minimum absolute atomic E-state index is 0.162. The number of hydrogen-bond donors (Lipinski definition) is 1. The van der Waals surface area contributed by atoms with Crippen LogP contribution in [0.2, 0.25) is 0 Å². The number of aryl methyl sites for hydroxylation is 2. The molecular weight excluding hydrogens is 485 g/mol. The Morgan fingerprint density at radius 2 is 1.79 bits per heavy atom. The third kappa shape index (κ3) is 4.47. The van der Waals surface area contributed by atoms with Crippen LogP contribution in [0.3, 0.4) is 0 Å². The van der Waals surface area contributed by atoms with Crippen LogP contribution in [0.1, 0.15) is 34.3 Å². The van der Waals surface area contributed by atoms with Crippen molar-refractivity contribution in [1.82, 2.24) is 30.1 Å². The second-order valence-corrected chi connectivity index (χ2v) is 9.72. The van der Waals surface area contributed by atoms with Crippen molar-refractivity contribution in [2.24, 2.45) is 0 Å². The molecule has 9 nitrogen and oxygen atoms in total. The number of hydrogen-bond acceptors (Lipinski definition) is 7. The van der Waals surface area contributed by atoms with E-state index in [1.165, 1.54) is 12.1 Å². The van der Waals surface area contributed by atoms with Crippen molar-refractivity contribution in [2.45, 2.75) is 26.4 Å². The predicted octanol–water partition coefficient (Wildman–Crippen LogP) is 3.82. The maximum absolute atomic E-state index is 13.6. The Morgan fingerprint density at radius 1 is 1.03 bits per heavy atom. The number of tetrazole rings is 1. The number of pyridine rings is 1. The van der Waals surface area contributed by atoms with Crippen LogP contribution in [0, 0.1) is 19.7 Å². The number of aromatic nitrogens is 5. The molecule has 1 fully saturated rings. The molecular formula is C28H28FN7O2. The van der Waals surface area contributed by atoms with Gasteiger partial charge in [0.2, 0.25) is 0 Å². The number of anilines is 1. The zero-order valence-corrected chi connectivity index (χ0v) is 21.3. The highest BCUT2D eigenvalue weighted by atomic mass is 19.1. The molecule has 1 aliphatic heterocycles. The lowest BCUT2D eigenvalue weighted by molar-refractivity contribution is 0.200. The molecule has 1 aliphatic rings. The van der Waals surface area contributed by atoms with Gasteiger partial charge in [0.15, 0.2) is 5.82 Å². The number of piperazine rings is 1. The van der Waals surface area contributed by atoms with Gasteiger partial charge >= 0.3 is 0 Å². The molecule has 194 valence electrons. The number of nitrogens with zero attached hydrogens (tertiary/aromatic N) is 6. The monoisotopic (exact) mass is 513 g/mol. The Hall–Kier alpha value is -4.31. The van der Waals surface area contributed by atoms with Crippen molar-refractivity contribution in [1.29, 1.82) is 0 Å². The largest absolute Gasteiger partial charge is 0.467 e. The first-order valence-corrected chi connectivity index (χ1v) is 12.6. The lowest BCUT2D eigenvalue weighted by Crippen LogP contribution is -2.49. The van der Waals surface area contributed by atoms with Gasteiger partial charge in [-0.1, -0.05) is 12.1 Å². The summed E-state index contributed by atoms with van der Waals surface area (Å²) < 4.78 is 20.7. The smallest absolute Gasteiger partial charge is 0.253 e. The highest BCUT2D eigenvalue weighted by molar-refractivity contribution is 5.85. The molecule has 5 aromatic rings. The first-order valence-electron chi connectivity index (χ1n) is 12.6. The van der Waals surface area contributed by atoms with E-state index in [2.05, 4.69) is 36.4 Å². The fourth-order valence-electron chi connectivity index (χ4n) is 5.25. The molecule has 10 heteroatoms. The summed E-state index contributed by atoms with van der Waals surface area (Å²) in [5, 5.41) is 13.6. The van der Waals surface area contributed by atoms with Gasteiger partial charge in [-0.05, 0) is 77.9 Å². The maximum atomic E-state index is 13.6. The number of fused-ring (bicyclic) bond motifs is 1. The zero-order valence-electron chi connectivity index (χ0n) is 21.3. The summed E-state index contributed by atoms with van der Waals surface area (Å²) in [5.74, 6) is 1.04. The molecule has 0 bridgehead atoms. The number of aromatic amines is 1. The average molecular weight is 514 g/mol. The van der Waals surface area contributed by atoms with Gasteiger partial charge in [0.25, 0.3) is 5.56 Å². The van der Waals surface area contributed by atoms with E-state index in [0.29, 0.717) is 44.1 Å². The van der Waals surface area contributed by atoms with E-state index in [-0.39, 0.29) is 11.4 Å². The van der Waals surface area contributed by atoms with E-state index in [9.17, 15) is 9.18 Å². The molecule has 0 spiro atoms. The van der Waals surface area contributed by atoms with Crippen LogP contribution >= 0.6 is 0 Å². The molecule has 0 saturated carbocycles. The molecule has 6 rings (SSSR count). The lowest BCUT2D eigenvalue weighted by Gasteiger charge is -2.39.